The van der Waals surface area contributed by atoms with Crippen molar-refractivity contribution >= 4 is 29.9 Å². The highest BCUT2D eigenvalue weighted by Crippen LogP contribution is 2.19. The van der Waals surface area contributed by atoms with E-state index in [0.29, 0.717) is 0 Å². The molecule has 1 N–H and O–H groups in total. The van der Waals surface area contributed by atoms with Gasteiger partial charge in [0.05, 0.1) is 5.25 Å². The predicted octanol–water partition coefficient (Wildman–Crippen LogP) is 4.35. The molecule has 0 spiro atoms. The lowest BCUT2D eigenvalue weighted by atomic mass is 10.2. The molecular formula is C17H28N2OS. The van der Waals surface area contributed by atoms with Crippen molar-refractivity contribution in [2.75, 3.05) is 23.3 Å². The van der Waals surface area contributed by atoms with Crippen molar-refractivity contribution < 1.29 is 4.79 Å². The van der Waals surface area contributed by atoms with Gasteiger partial charge in [0.25, 0.3) is 0 Å². The SMILES string of the molecule is CCCCN(CCCC)c1ccc(NC(=O)C(C)S)cc1. The fourth-order valence-corrected chi connectivity index (χ4v) is 2.13. The predicted molar refractivity (Wildman–Crippen MR) is 95.5 cm³/mol. The Morgan fingerprint density at radius 1 is 1.14 bits per heavy atom. The summed E-state index contributed by atoms with van der Waals surface area (Å²) in [5, 5.41) is 2.56. The van der Waals surface area contributed by atoms with E-state index >= 15 is 0 Å². The third-order valence-electron chi connectivity index (χ3n) is 3.44. The summed E-state index contributed by atoms with van der Waals surface area (Å²) in [6.07, 6.45) is 4.83. The van der Waals surface area contributed by atoms with E-state index in [1.165, 1.54) is 31.4 Å². The number of benzene rings is 1. The van der Waals surface area contributed by atoms with E-state index in [-0.39, 0.29) is 11.2 Å². The van der Waals surface area contributed by atoms with E-state index in [2.05, 4.69) is 48.8 Å². The molecule has 0 aliphatic carbocycles. The van der Waals surface area contributed by atoms with Gasteiger partial charge >= 0.3 is 0 Å². The molecule has 0 saturated heterocycles. The second-order valence-electron chi connectivity index (χ2n) is 5.41. The molecular weight excluding hydrogens is 280 g/mol. The van der Waals surface area contributed by atoms with Crippen LogP contribution in [0.4, 0.5) is 11.4 Å². The lowest BCUT2D eigenvalue weighted by Crippen LogP contribution is -2.25. The number of anilines is 2. The Morgan fingerprint density at radius 3 is 2.10 bits per heavy atom. The van der Waals surface area contributed by atoms with Crippen LogP contribution >= 0.6 is 12.6 Å². The number of hydrogen-bond acceptors (Lipinski definition) is 3. The summed E-state index contributed by atoms with van der Waals surface area (Å²) < 4.78 is 0. The number of unbranched alkanes of at least 4 members (excludes halogenated alkanes) is 2. The zero-order chi connectivity index (χ0) is 15.7. The molecule has 1 unspecified atom stereocenters. The standard InChI is InChI=1S/C17H28N2OS/c1-4-6-12-19(13-7-5-2)16-10-8-15(9-11-16)18-17(20)14(3)21/h8-11,14,21H,4-7,12-13H2,1-3H3,(H,18,20). The zero-order valence-electron chi connectivity index (χ0n) is 13.4. The molecule has 0 fully saturated rings. The molecule has 0 aliphatic heterocycles. The minimum absolute atomic E-state index is 0.0695. The van der Waals surface area contributed by atoms with E-state index in [0.717, 1.165) is 18.8 Å². The van der Waals surface area contributed by atoms with Crippen molar-refractivity contribution in [3.63, 3.8) is 0 Å². The largest absolute Gasteiger partial charge is 0.372 e. The molecule has 0 aromatic heterocycles. The lowest BCUT2D eigenvalue weighted by molar-refractivity contribution is -0.115. The number of thiol groups is 1. The first-order valence-electron chi connectivity index (χ1n) is 7.92. The van der Waals surface area contributed by atoms with E-state index in [9.17, 15) is 4.79 Å². The minimum Gasteiger partial charge on any atom is -0.372 e. The van der Waals surface area contributed by atoms with Gasteiger partial charge in [-0.15, -0.1) is 0 Å². The molecule has 0 saturated carbocycles. The van der Waals surface area contributed by atoms with Gasteiger partial charge in [0.1, 0.15) is 0 Å². The molecule has 0 bridgehead atoms. The molecule has 0 aliphatic rings. The van der Waals surface area contributed by atoms with Gasteiger partial charge in [-0.3, -0.25) is 4.79 Å². The first kappa shape index (κ1) is 17.9. The van der Waals surface area contributed by atoms with Crippen molar-refractivity contribution in [3.8, 4) is 0 Å². The first-order chi connectivity index (χ1) is 10.1. The number of amides is 1. The monoisotopic (exact) mass is 308 g/mol. The Kier molecular flexibility index (Phi) is 8.28. The van der Waals surface area contributed by atoms with Crippen LogP contribution in [0.1, 0.15) is 46.5 Å². The molecule has 1 aromatic rings. The van der Waals surface area contributed by atoms with Crippen LogP contribution in [0.2, 0.25) is 0 Å². The molecule has 118 valence electrons. The minimum atomic E-state index is -0.296. The average molecular weight is 308 g/mol. The van der Waals surface area contributed by atoms with Crippen LogP contribution in [0.15, 0.2) is 24.3 Å². The normalized spacial score (nSPS) is 12.0. The molecule has 1 aromatic carbocycles. The van der Waals surface area contributed by atoms with Crippen LogP contribution in [0.3, 0.4) is 0 Å². The second kappa shape index (κ2) is 9.72. The van der Waals surface area contributed by atoms with Gasteiger partial charge in [0.15, 0.2) is 0 Å². The molecule has 0 radical (unpaired) electrons. The van der Waals surface area contributed by atoms with Crippen LogP contribution in [-0.2, 0) is 4.79 Å². The van der Waals surface area contributed by atoms with Crippen LogP contribution in [0.25, 0.3) is 0 Å². The molecule has 1 rings (SSSR count). The summed E-state index contributed by atoms with van der Waals surface area (Å²) in [6.45, 7) is 8.39. The van der Waals surface area contributed by atoms with E-state index in [1.807, 2.05) is 12.1 Å². The molecule has 1 atom stereocenters. The van der Waals surface area contributed by atoms with Gasteiger partial charge in [0, 0.05) is 24.5 Å². The van der Waals surface area contributed by atoms with E-state index < -0.39 is 0 Å². The van der Waals surface area contributed by atoms with Crippen molar-refractivity contribution in [1.82, 2.24) is 0 Å². The van der Waals surface area contributed by atoms with Crippen LogP contribution < -0.4 is 10.2 Å². The highest BCUT2D eigenvalue weighted by Gasteiger charge is 2.09. The number of hydrogen-bond donors (Lipinski definition) is 2. The number of carbonyl (C=O) groups excluding carboxylic acids is 1. The first-order valence-corrected chi connectivity index (χ1v) is 8.44. The quantitative estimate of drug-likeness (QED) is 0.665. The smallest absolute Gasteiger partial charge is 0.236 e. The fourth-order valence-electron chi connectivity index (χ4n) is 2.07. The Morgan fingerprint density at radius 2 is 1.67 bits per heavy atom. The maximum atomic E-state index is 11.6. The summed E-state index contributed by atoms with van der Waals surface area (Å²) in [5.41, 5.74) is 2.06. The van der Waals surface area contributed by atoms with Gasteiger partial charge in [-0.05, 0) is 44.0 Å². The number of nitrogens with one attached hydrogen (secondary N) is 1. The molecule has 1 amide bonds. The average Bonchev–Trinajstić information content (AvgIpc) is 2.48. The highest BCUT2D eigenvalue weighted by molar-refractivity contribution is 7.81. The van der Waals surface area contributed by atoms with Gasteiger partial charge in [-0.1, -0.05) is 26.7 Å². The van der Waals surface area contributed by atoms with Crippen molar-refractivity contribution in [3.05, 3.63) is 24.3 Å². The van der Waals surface area contributed by atoms with Gasteiger partial charge in [-0.25, -0.2) is 0 Å². The van der Waals surface area contributed by atoms with Gasteiger partial charge in [0.2, 0.25) is 5.91 Å². The van der Waals surface area contributed by atoms with E-state index in [1.54, 1.807) is 6.92 Å². The summed E-state index contributed by atoms with van der Waals surface area (Å²) >= 11 is 4.13. The van der Waals surface area contributed by atoms with Gasteiger partial charge in [-0.2, -0.15) is 12.6 Å². The molecule has 0 heterocycles. The summed E-state index contributed by atoms with van der Waals surface area (Å²) in [5.74, 6) is -0.0695. The van der Waals surface area contributed by atoms with Crippen LogP contribution in [0.5, 0.6) is 0 Å². The van der Waals surface area contributed by atoms with Crippen molar-refractivity contribution in [1.29, 1.82) is 0 Å². The number of carbonyl (C=O) groups is 1. The second-order valence-corrected chi connectivity index (χ2v) is 6.18. The Hall–Kier alpha value is -1.16. The zero-order valence-corrected chi connectivity index (χ0v) is 14.3. The maximum Gasteiger partial charge on any atom is 0.236 e. The van der Waals surface area contributed by atoms with Gasteiger partial charge < -0.3 is 10.2 Å². The number of nitrogens with zero attached hydrogens (tertiary/aromatic N) is 1. The molecule has 21 heavy (non-hydrogen) atoms. The maximum absolute atomic E-state index is 11.6. The lowest BCUT2D eigenvalue weighted by Gasteiger charge is -2.25. The number of rotatable bonds is 9. The molecule has 4 heteroatoms. The van der Waals surface area contributed by atoms with E-state index in [4.69, 9.17) is 0 Å². The van der Waals surface area contributed by atoms with Crippen LogP contribution in [0, 0.1) is 0 Å². The van der Waals surface area contributed by atoms with Crippen molar-refractivity contribution in [2.24, 2.45) is 0 Å². The Labute approximate surface area is 134 Å². The third kappa shape index (κ3) is 6.42. The third-order valence-corrected chi connectivity index (χ3v) is 3.68. The molecule has 3 nitrogen and oxygen atoms in total. The summed E-state index contributed by atoms with van der Waals surface area (Å²) in [4.78, 5) is 14.0. The Balaban J connectivity index is 2.69. The Bertz CT molecular complexity index is 409. The highest BCUT2D eigenvalue weighted by atomic mass is 32.1. The van der Waals surface area contributed by atoms with Crippen molar-refractivity contribution in [2.45, 2.75) is 51.7 Å². The summed E-state index contributed by atoms with van der Waals surface area (Å²) in [6, 6.07) is 8.11. The summed E-state index contributed by atoms with van der Waals surface area (Å²) in [7, 11) is 0. The fraction of sp³-hybridized carbons (Fsp3) is 0.588. The topological polar surface area (TPSA) is 32.3 Å². The van der Waals surface area contributed by atoms with Crippen LogP contribution in [-0.4, -0.2) is 24.2 Å².